The van der Waals surface area contributed by atoms with E-state index >= 15 is 0 Å². The van der Waals surface area contributed by atoms with Crippen molar-refractivity contribution >= 4 is 11.6 Å². The molecule has 0 fully saturated rings. The molecule has 0 aliphatic heterocycles. The molecule has 2 nitrogen and oxygen atoms in total. The van der Waals surface area contributed by atoms with Crippen molar-refractivity contribution in [3.05, 3.63) is 72.0 Å². The monoisotopic (exact) mass is 254 g/mol. The fourth-order valence-corrected chi connectivity index (χ4v) is 2.12. The van der Waals surface area contributed by atoms with E-state index < -0.39 is 0 Å². The lowest BCUT2D eigenvalue weighted by atomic mass is 10.2. The first-order chi connectivity index (χ1) is 8.84. The average Bonchev–Trinajstić information content (AvgIpc) is 2.89. The molecule has 18 heavy (non-hydrogen) atoms. The van der Waals surface area contributed by atoms with Crippen LogP contribution in [0.2, 0.25) is 5.02 Å². The SMILES string of the molecule is Clc1cccc(-n2ccnc2-c2ccccc2)c1. The number of imidazole rings is 1. The Balaban J connectivity index is 2.13. The molecule has 0 atom stereocenters. The van der Waals surface area contributed by atoms with Gasteiger partial charge in [0.05, 0.1) is 0 Å². The minimum Gasteiger partial charge on any atom is -0.300 e. The van der Waals surface area contributed by atoms with E-state index in [2.05, 4.69) is 4.98 Å². The predicted octanol–water partition coefficient (Wildman–Crippen LogP) is 4.19. The highest BCUT2D eigenvalue weighted by molar-refractivity contribution is 6.30. The van der Waals surface area contributed by atoms with Gasteiger partial charge in [0.25, 0.3) is 0 Å². The van der Waals surface area contributed by atoms with Crippen LogP contribution < -0.4 is 0 Å². The molecular formula is C15H11ClN2. The number of rotatable bonds is 2. The molecule has 0 amide bonds. The number of nitrogens with zero attached hydrogens (tertiary/aromatic N) is 2. The van der Waals surface area contributed by atoms with Crippen molar-refractivity contribution in [3.63, 3.8) is 0 Å². The molecule has 0 aliphatic carbocycles. The van der Waals surface area contributed by atoms with Gasteiger partial charge in [0, 0.05) is 28.7 Å². The molecule has 1 aromatic heterocycles. The van der Waals surface area contributed by atoms with Gasteiger partial charge in [-0.15, -0.1) is 0 Å². The Bertz CT molecular complexity index is 659. The number of benzene rings is 2. The average molecular weight is 255 g/mol. The van der Waals surface area contributed by atoms with Gasteiger partial charge in [-0.1, -0.05) is 48.0 Å². The summed E-state index contributed by atoms with van der Waals surface area (Å²) in [4.78, 5) is 4.41. The smallest absolute Gasteiger partial charge is 0.144 e. The predicted molar refractivity (Wildman–Crippen MR) is 74.0 cm³/mol. The molecule has 0 spiro atoms. The molecule has 0 bridgehead atoms. The molecule has 0 saturated heterocycles. The lowest BCUT2D eigenvalue weighted by Gasteiger charge is -2.08. The summed E-state index contributed by atoms with van der Waals surface area (Å²) in [6.07, 6.45) is 3.73. The zero-order valence-corrected chi connectivity index (χ0v) is 10.4. The second-order valence-electron chi connectivity index (χ2n) is 3.97. The first-order valence-corrected chi connectivity index (χ1v) is 6.07. The van der Waals surface area contributed by atoms with Crippen LogP contribution in [-0.2, 0) is 0 Å². The van der Waals surface area contributed by atoms with Crippen molar-refractivity contribution in [2.75, 3.05) is 0 Å². The van der Waals surface area contributed by atoms with Gasteiger partial charge in [0.15, 0.2) is 0 Å². The van der Waals surface area contributed by atoms with Gasteiger partial charge in [-0.05, 0) is 18.2 Å². The molecule has 0 unspecified atom stereocenters. The Labute approximate surface area is 110 Å². The zero-order valence-electron chi connectivity index (χ0n) is 9.62. The number of hydrogen-bond acceptors (Lipinski definition) is 1. The second kappa shape index (κ2) is 4.67. The van der Waals surface area contributed by atoms with E-state index in [1.807, 2.05) is 65.4 Å². The van der Waals surface area contributed by atoms with Crippen molar-refractivity contribution in [1.82, 2.24) is 9.55 Å². The topological polar surface area (TPSA) is 17.8 Å². The molecule has 0 aliphatic rings. The second-order valence-corrected chi connectivity index (χ2v) is 4.40. The summed E-state index contributed by atoms with van der Waals surface area (Å²) >= 11 is 6.03. The van der Waals surface area contributed by atoms with Crippen molar-refractivity contribution in [3.8, 4) is 17.1 Å². The minimum atomic E-state index is 0.722. The Kier molecular flexibility index (Phi) is 2.87. The number of hydrogen-bond donors (Lipinski definition) is 0. The van der Waals surface area contributed by atoms with E-state index in [1.165, 1.54) is 0 Å². The highest BCUT2D eigenvalue weighted by Gasteiger charge is 2.06. The maximum absolute atomic E-state index is 6.03. The molecule has 2 aromatic carbocycles. The van der Waals surface area contributed by atoms with Crippen LogP contribution in [0, 0.1) is 0 Å². The van der Waals surface area contributed by atoms with Crippen LogP contribution >= 0.6 is 11.6 Å². The van der Waals surface area contributed by atoms with Crippen LogP contribution in [0.5, 0.6) is 0 Å². The third kappa shape index (κ3) is 2.03. The summed E-state index contributed by atoms with van der Waals surface area (Å²) in [6.45, 7) is 0. The molecule has 88 valence electrons. The zero-order chi connectivity index (χ0) is 12.4. The highest BCUT2D eigenvalue weighted by atomic mass is 35.5. The Hall–Kier alpha value is -2.06. The highest BCUT2D eigenvalue weighted by Crippen LogP contribution is 2.22. The maximum Gasteiger partial charge on any atom is 0.144 e. The Morgan fingerprint density at radius 2 is 1.78 bits per heavy atom. The van der Waals surface area contributed by atoms with E-state index in [-0.39, 0.29) is 0 Å². The first kappa shape index (κ1) is 11.1. The molecule has 0 saturated carbocycles. The number of aromatic nitrogens is 2. The van der Waals surface area contributed by atoms with Crippen LogP contribution in [0.4, 0.5) is 0 Å². The van der Waals surface area contributed by atoms with E-state index in [9.17, 15) is 0 Å². The Morgan fingerprint density at radius 3 is 2.56 bits per heavy atom. The number of halogens is 1. The van der Waals surface area contributed by atoms with Crippen LogP contribution in [0.25, 0.3) is 17.1 Å². The van der Waals surface area contributed by atoms with Crippen LogP contribution in [0.1, 0.15) is 0 Å². The molecule has 1 heterocycles. The van der Waals surface area contributed by atoms with Crippen LogP contribution in [-0.4, -0.2) is 9.55 Å². The van der Waals surface area contributed by atoms with E-state index in [4.69, 9.17) is 11.6 Å². The third-order valence-electron chi connectivity index (χ3n) is 2.76. The van der Waals surface area contributed by atoms with Crippen LogP contribution in [0.15, 0.2) is 67.0 Å². The van der Waals surface area contributed by atoms with Gasteiger partial charge in [0.2, 0.25) is 0 Å². The van der Waals surface area contributed by atoms with E-state index in [0.717, 1.165) is 22.1 Å². The largest absolute Gasteiger partial charge is 0.300 e. The molecular weight excluding hydrogens is 244 g/mol. The van der Waals surface area contributed by atoms with Crippen LogP contribution in [0.3, 0.4) is 0 Å². The van der Waals surface area contributed by atoms with Gasteiger partial charge in [-0.2, -0.15) is 0 Å². The van der Waals surface area contributed by atoms with Crippen molar-refractivity contribution in [1.29, 1.82) is 0 Å². The normalized spacial score (nSPS) is 10.5. The van der Waals surface area contributed by atoms with E-state index in [0.29, 0.717) is 0 Å². The van der Waals surface area contributed by atoms with Gasteiger partial charge in [0.1, 0.15) is 5.82 Å². The van der Waals surface area contributed by atoms with Gasteiger partial charge >= 0.3 is 0 Å². The fraction of sp³-hybridized carbons (Fsp3) is 0. The maximum atomic E-state index is 6.03. The summed E-state index contributed by atoms with van der Waals surface area (Å²) in [6, 6.07) is 17.8. The molecule has 0 N–H and O–H groups in total. The molecule has 0 radical (unpaired) electrons. The summed E-state index contributed by atoms with van der Waals surface area (Å²) in [7, 11) is 0. The lowest BCUT2D eigenvalue weighted by Crippen LogP contribution is -1.95. The minimum absolute atomic E-state index is 0.722. The quantitative estimate of drug-likeness (QED) is 0.670. The summed E-state index contributed by atoms with van der Waals surface area (Å²) in [5.74, 6) is 0.915. The van der Waals surface area contributed by atoms with Crippen molar-refractivity contribution < 1.29 is 0 Å². The van der Waals surface area contributed by atoms with Crippen molar-refractivity contribution in [2.24, 2.45) is 0 Å². The summed E-state index contributed by atoms with van der Waals surface area (Å²) in [5.41, 5.74) is 2.10. The van der Waals surface area contributed by atoms with E-state index in [1.54, 1.807) is 6.20 Å². The molecule has 3 heteroatoms. The van der Waals surface area contributed by atoms with Gasteiger partial charge in [-0.3, -0.25) is 4.57 Å². The van der Waals surface area contributed by atoms with Crippen molar-refractivity contribution in [2.45, 2.75) is 0 Å². The summed E-state index contributed by atoms with van der Waals surface area (Å²) in [5, 5.41) is 0.722. The molecule has 3 rings (SSSR count). The van der Waals surface area contributed by atoms with Gasteiger partial charge in [-0.25, -0.2) is 4.98 Å². The summed E-state index contributed by atoms with van der Waals surface area (Å²) < 4.78 is 2.03. The lowest BCUT2D eigenvalue weighted by molar-refractivity contribution is 1.07. The molecule has 3 aromatic rings. The van der Waals surface area contributed by atoms with Gasteiger partial charge < -0.3 is 0 Å². The third-order valence-corrected chi connectivity index (χ3v) is 2.99. The first-order valence-electron chi connectivity index (χ1n) is 5.69. The standard InChI is InChI=1S/C15H11ClN2/c16-13-7-4-8-14(11-13)18-10-9-17-15(18)12-5-2-1-3-6-12/h1-11H. The Morgan fingerprint density at radius 1 is 0.944 bits per heavy atom. The fourth-order valence-electron chi connectivity index (χ4n) is 1.94.